The van der Waals surface area contributed by atoms with Crippen LogP contribution in [0.3, 0.4) is 0 Å². The fraction of sp³-hybridized carbons (Fsp3) is 0.500. The lowest BCUT2D eigenvalue weighted by atomic mass is 9.53. The van der Waals surface area contributed by atoms with E-state index < -0.39 is 92.2 Å². The van der Waals surface area contributed by atoms with Crippen molar-refractivity contribution in [2.75, 3.05) is 0 Å². The predicted octanol–water partition coefficient (Wildman–Crippen LogP) is 6.03. The van der Waals surface area contributed by atoms with E-state index in [1.165, 1.54) is 0 Å². The van der Waals surface area contributed by atoms with Gasteiger partial charge in [0.2, 0.25) is 0 Å². The van der Waals surface area contributed by atoms with Gasteiger partial charge in [-0.15, -0.1) is 0 Å². The highest BCUT2D eigenvalue weighted by Gasteiger charge is 2.88. The Bertz CT molecular complexity index is 1120. The lowest BCUT2D eigenvalue weighted by Crippen LogP contribution is -2.69. The third-order valence-electron chi connectivity index (χ3n) is 6.01. The molecule has 15 heteroatoms. The molecule has 0 saturated heterocycles. The highest BCUT2D eigenvalue weighted by Crippen LogP contribution is 2.77. The largest absolute Gasteiger partial charge is 0.340 e. The van der Waals surface area contributed by atoms with Crippen molar-refractivity contribution in [2.45, 2.75) is 47.6 Å². The average molecular weight is 478 g/mol. The summed E-state index contributed by atoms with van der Waals surface area (Å²) >= 11 is 0. The molecule has 5 rings (SSSR count). The van der Waals surface area contributed by atoms with Gasteiger partial charge in [0.25, 0.3) is 0 Å². The van der Waals surface area contributed by atoms with Crippen LogP contribution in [0, 0.1) is 0 Å². The van der Waals surface area contributed by atoms with Gasteiger partial charge >= 0.3 is 41.5 Å². The lowest BCUT2D eigenvalue weighted by Gasteiger charge is -2.57. The molecule has 0 radical (unpaired) electrons. The van der Waals surface area contributed by atoms with E-state index >= 15 is 0 Å². The lowest BCUT2D eigenvalue weighted by molar-refractivity contribution is -0.228. The van der Waals surface area contributed by atoms with Crippen LogP contribution in [-0.4, -0.2) is 47.6 Å². The summed E-state index contributed by atoms with van der Waals surface area (Å²) in [6, 6.07) is 0. The van der Waals surface area contributed by atoms with E-state index in [4.69, 9.17) is 0 Å². The summed E-state index contributed by atoms with van der Waals surface area (Å²) in [6.45, 7) is 0. The molecule has 0 spiro atoms. The Labute approximate surface area is 159 Å². The summed E-state index contributed by atoms with van der Waals surface area (Å²) in [5.41, 5.74) is -21.6. The first kappa shape index (κ1) is 20.8. The summed E-state index contributed by atoms with van der Waals surface area (Å²) in [5.74, 6) is -40.1. The van der Waals surface area contributed by atoms with Gasteiger partial charge in [-0.05, 0) is 0 Å². The van der Waals surface area contributed by atoms with E-state index in [-0.39, 0.29) is 0 Å². The molecule has 1 atom stereocenters. The Morgan fingerprint density at radius 1 is 0.355 bits per heavy atom. The molecule has 0 fully saturated rings. The topological polar surface area (TPSA) is 0 Å². The third kappa shape index (κ3) is 1.58. The fourth-order valence-corrected chi connectivity index (χ4v) is 4.50. The van der Waals surface area contributed by atoms with Crippen molar-refractivity contribution < 1.29 is 65.9 Å². The van der Waals surface area contributed by atoms with Gasteiger partial charge in [0.15, 0.2) is 6.17 Å². The molecule has 0 saturated carbocycles. The molecule has 170 valence electrons. The van der Waals surface area contributed by atoms with Crippen LogP contribution in [0.5, 0.6) is 0 Å². The number of fused-ring (bicyclic) bond motifs is 4. The number of hydrogen-bond acceptors (Lipinski definition) is 0. The molecule has 0 aromatic heterocycles. The van der Waals surface area contributed by atoms with Crippen molar-refractivity contribution in [3.8, 4) is 0 Å². The van der Waals surface area contributed by atoms with Gasteiger partial charge in [0.1, 0.15) is 0 Å². The minimum absolute atomic E-state index is 2.32. The van der Waals surface area contributed by atoms with Crippen LogP contribution >= 0.6 is 0 Å². The summed E-state index contributed by atoms with van der Waals surface area (Å²) in [5, 5.41) is 0. The van der Waals surface area contributed by atoms with Crippen LogP contribution in [0.4, 0.5) is 65.9 Å². The van der Waals surface area contributed by atoms with Gasteiger partial charge in [-0.25, -0.2) is 4.39 Å². The smallest absolute Gasteiger partial charge is 0.235 e. The second-order valence-corrected chi connectivity index (χ2v) is 7.47. The molecule has 0 aromatic carbocycles. The maximum absolute atomic E-state index is 13.9. The van der Waals surface area contributed by atoms with E-state index in [0.29, 0.717) is 0 Å². The molecule has 0 amide bonds. The van der Waals surface area contributed by atoms with E-state index in [1.807, 2.05) is 0 Å². The maximum Gasteiger partial charge on any atom is 0.340 e. The third-order valence-corrected chi connectivity index (χ3v) is 6.01. The van der Waals surface area contributed by atoms with Crippen LogP contribution in [0.15, 0.2) is 44.6 Å². The highest BCUT2D eigenvalue weighted by atomic mass is 19.3. The maximum atomic E-state index is 13.9. The second kappa shape index (κ2) is 4.51. The van der Waals surface area contributed by atoms with Crippen molar-refractivity contribution in [1.29, 1.82) is 0 Å². The van der Waals surface area contributed by atoms with E-state index in [9.17, 15) is 65.9 Å². The molecule has 0 aliphatic heterocycles. The number of rotatable bonds is 0. The first-order valence-electron chi connectivity index (χ1n) is 7.94. The van der Waals surface area contributed by atoms with Gasteiger partial charge in [-0.3, -0.25) is 0 Å². The Balaban J connectivity index is 2.00. The zero-order valence-electron chi connectivity index (χ0n) is 13.7. The molecule has 31 heavy (non-hydrogen) atoms. The van der Waals surface area contributed by atoms with Crippen LogP contribution < -0.4 is 0 Å². The average Bonchev–Trinajstić information content (AvgIpc) is 2.59. The highest BCUT2D eigenvalue weighted by molar-refractivity contribution is 5.83. The molecule has 0 nitrogen and oxygen atoms in total. The van der Waals surface area contributed by atoms with E-state index in [0.717, 1.165) is 0 Å². The zero-order chi connectivity index (χ0) is 23.7. The van der Waals surface area contributed by atoms with E-state index in [1.54, 1.807) is 0 Å². The minimum Gasteiger partial charge on any atom is -0.235 e. The normalized spacial score (nSPS) is 35.9. The van der Waals surface area contributed by atoms with E-state index in [2.05, 4.69) is 0 Å². The Morgan fingerprint density at radius 2 is 0.581 bits per heavy atom. The van der Waals surface area contributed by atoms with Crippen LogP contribution in [0.1, 0.15) is 0 Å². The minimum atomic E-state index is -5.87. The molecule has 5 aliphatic rings. The Kier molecular flexibility index (Phi) is 3.03. The SMILES string of the molecule is FC1C2=C(C3=C(C4=C(C5=C2C(F)(F)C5(F)F)C(F)(F)C4(F)F)C(F)(F)C3(F)F)C1(F)F. The second-order valence-electron chi connectivity index (χ2n) is 7.47. The quantitative estimate of drug-likeness (QED) is 0.374. The van der Waals surface area contributed by atoms with Gasteiger partial charge < -0.3 is 0 Å². The predicted molar refractivity (Wildman–Crippen MR) is 67.6 cm³/mol. The Morgan fingerprint density at radius 3 is 0.903 bits per heavy atom. The molecule has 1 unspecified atom stereocenters. The molecule has 5 aliphatic carbocycles. The van der Waals surface area contributed by atoms with Crippen molar-refractivity contribution in [1.82, 2.24) is 0 Å². The monoisotopic (exact) mass is 478 g/mol. The summed E-state index contributed by atoms with van der Waals surface area (Å²) in [6.07, 6.45) is -4.04. The van der Waals surface area contributed by atoms with Crippen molar-refractivity contribution in [3.63, 3.8) is 0 Å². The fourth-order valence-electron chi connectivity index (χ4n) is 4.50. The zero-order valence-corrected chi connectivity index (χ0v) is 13.7. The molecular weight excluding hydrogens is 477 g/mol. The van der Waals surface area contributed by atoms with Gasteiger partial charge in [-0.2, -0.15) is 61.5 Å². The number of allylic oxidation sites excluding steroid dienone is 8. The number of hydrogen-bond donors (Lipinski definition) is 0. The first-order valence-corrected chi connectivity index (χ1v) is 7.94. The molecule has 0 heterocycles. The van der Waals surface area contributed by atoms with Crippen LogP contribution in [0.2, 0.25) is 0 Å². The molecule has 0 N–H and O–H groups in total. The van der Waals surface area contributed by atoms with Crippen molar-refractivity contribution in [3.05, 3.63) is 44.6 Å². The summed E-state index contributed by atoms with van der Waals surface area (Å²) < 4.78 is 209. The summed E-state index contributed by atoms with van der Waals surface area (Å²) in [7, 11) is 0. The van der Waals surface area contributed by atoms with Gasteiger partial charge in [-0.1, -0.05) is 0 Å². The first-order chi connectivity index (χ1) is 13.6. The number of halogens is 15. The molecular formula is C16HF15. The van der Waals surface area contributed by atoms with Crippen molar-refractivity contribution >= 4 is 0 Å². The van der Waals surface area contributed by atoms with Gasteiger partial charge in [0.05, 0.1) is 0 Å². The molecule has 0 aromatic rings. The van der Waals surface area contributed by atoms with Crippen molar-refractivity contribution in [2.24, 2.45) is 0 Å². The van der Waals surface area contributed by atoms with Crippen LogP contribution in [-0.2, 0) is 0 Å². The van der Waals surface area contributed by atoms with Crippen LogP contribution in [0.25, 0.3) is 0 Å². The summed E-state index contributed by atoms with van der Waals surface area (Å²) in [4.78, 5) is 0. The number of alkyl halides is 15. The Hall–Kier alpha value is -2.09. The molecule has 0 bridgehead atoms. The standard InChI is InChI=1S/C16HF15/c17-9-1-2(10(9,18)19)4-6(14(26,27)12(4,22)23)8-7(15(28,29)16(8,30)31)5-3(1)11(20,21)13(5,24)25/h9H. The van der Waals surface area contributed by atoms with Gasteiger partial charge in [0, 0.05) is 44.6 Å².